The summed E-state index contributed by atoms with van der Waals surface area (Å²) >= 11 is 0. The molecule has 0 aromatic heterocycles. The molecule has 0 aliphatic carbocycles. The highest BCUT2D eigenvalue weighted by atomic mass is 16.5. The summed E-state index contributed by atoms with van der Waals surface area (Å²) in [6.07, 6.45) is 5.62. The summed E-state index contributed by atoms with van der Waals surface area (Å²) in [7, 11) is 4.24. The van der Waals surface area contributed by atoms with Crippen LogP contribution in [0.5, 0.6) is 0 Å². The minimum atomic E-state index is 0.144. The van der Waals surface area contributed by atoms with Gasteiger partial charge in [-0.3, -0.25) is 4.90 Å². The van der Waals surface area contributed by atoms with Crippen LogP contribution in [0.15, 0.2) is 0 Å². The predicted molar refractivity (Wildman–Crippen MR) is 39.8 cm³/mol. The molecule has 0 amide bonds. The standard InChI is InChI=1S/C8H15NO/c1-9(2)8-5-3-7(10-8)4-6-8/h7H,3-6H2,1-2H3. The molecule has 2 aliphatic heterocycles. The molecule has 0 spiro atoms. The van der Waals surface area contributed by atoms with Crippen LogP contribution in [0.25, 0.3) is 0 Å². The van der Waals surface area contributed by atoms with E-state index in [0.29, 0.717) is 6.10 Å². The normalized spacial score (nSPS) is 45.3. The van der Waals surface area contributed by atoms with E-state index >= 15 is 0 Å². The molecule has 0 radical (unpaired) electrons. The van der Waals surface area contributed by atoms with Crippen molar-refractivity contribution in [2.75, 3.05) is 14.1 Å². The molecule has 2 saturated heterocycles. The number of rotatable bonds is 1. The molecule has 2 heterocycles. The lowest BCUT2D eigenvalue weighted by Crippen LogP contribution is -2.41. The first kappa shape index (κ1) is 6.62. The van der Waals surface area contributed by atoms with Gasteiger partial charge in [0.1, 0.15) is 5.72 Å². The van der Waals surface area contributed by atoms with Crippen LogP contribution in [0, 0.1) is 0 Å². The minimum Gasteiger partial charge on any atom is -0.357 e. The van der Waals surface area contributed by atoms with Gasteiger partial charge in [0.25, 0.3) is 0 Å². The summed E-state index contributed by atoms with van der Waals surface area (Å²) in [5.41, 5.74) is 0.144. The maximum absolute atomic E-state index is 5.85. The first-order valence-corrected chi connectivity index (χ1v) is 4.08. The Labute approximate surface area is 62.2 Å². The predicted octanol–water partition coefficient (Wildman–Crippen LogP) is 1.22. The summed E-state index contributed by atoms with van der Waals surface area (Å²) < 4.78 is 5.85. The Bertz CT molecular complexity index is 136. The van der Waals surface area contributed by atoms with E-state index in [4.69, 9.17) is 4.74 Å². The second-order valence-corrected chi connectivity index (χ2v) is 3.66. The van der Waals surface area contributed by atoms with Crippen molar-refractivity contribution in [2.45, 2.75) is 37.5 Å². The zero-order valence-electron chi connectivity index (χ0n) is 6.76. The Kier molecular flexibility index (Phi) is 1.29. The van der Waals surface area contributed by atoms with Crippen molar-refractivity contribution in [1.29, 1.82) is 0 Å². The molecule has 2 aliphatic rings. The van der Waals surface area contributed by atoms with E-state index in [2.05, 4.69) is 19.0 Å². The van der Waals surface area contributed by atoms with Crippen molar-refractivity contribution >= 4 is 0 Å². The van der Waals surface area contributed by atoms with Gasteiger partial charge >= 0.3 is 0 Å². The van der Waals surface area contributed by atoms with Crippen molar-refractivity contribution in [2.24, 2.45) is 0 Å². The Morgan fingerprint density at radius 2 is 1.90 bits per heavy atom. The topological polar surface area (TPSA) is 12.5 Å². The van der Waals surface area contributed by atoms with Crippen LogP contribution in [0.4, 0.5) is 0 Å². The largest absolute Gasteiger partial charge is 0.357 e. The Morgan fingerprint density at radius 3 is 2.10 bits per heavy atom. The fraction of sp³-hybridized carbons (Fsp3) is 1.00. The average molecular weight is 141 g/mol. The average Bonchev–Trinajstić information content (AvgIpc) is 2.45. The molecule has 2 bridgehead atoms. The molecule has 0 unspecified atom stereocenters. The quantitative estimate of drug-likeness (QED) is 0.544. The molecule has 0 N–H and O–H groups in total. The molecule has 0 aromatic rings. The number of ether oxygens (including phenoxy) is 1. The van der Waals surface area contributed by atoms with Crippen molar-refractivity contribution in [3.63, 3.8) is 0 Å². The number of fused-ring (bicyclic) bond motifs is 2. The zero-order valence-corrected chi connectivity index (χ0v) is 6.76. The highest BCUT2D eigenvalue weighted by Gasteiger charge is 2.47. The van der Waals surface area contributed by atoms with Crippen LogP contribution in [0.2, 0.25) is 0 Å². The van der Waals surface area contributed by atoms with E-state index in [0.717, 1.165) is 0 Å². The fourth-order valence-electron chi connectivity index (χ4n) is 2.14. The van der Waals surface area contributed by atoms with E-state index in [1.807, 2.05) is 0 Å². The number of hydrogen-bond donors (Lipinski definition) is 0. The van der Waals surface area contributed by atoms with Gasteiger partial charge in [0.05, 0.1) is 6.10 Å². The van der Waals surface area contributed by atoms with Crippen LogP contribution in [-0.2, 0) is 4.74 Å². The summed E-state index contributed by atoms with van der Waals surface area (Å²) in [6.45, 7) is 0. The summed E-state index contributed by atoms with van der Waals surface area (Å²) in [5, 5.41) is 0. The molecule has 2 heteroatoms. The van der Waals surface area contributed by atoms with Crippen molar-refractivity contribution in [3.8, 4) is 0 Å². The Morgan fingerprint density at radius 1 is 1.30 bits per heavy atom. The van der Waals surface area contributed by atoms with Crippen LogP contribution >= 0.6 is 0 Å². The van der Waals surface area contributed by atoms with Crippen LogP contribution in [-0.4, -0.2) is 30.8 Å². The first-order chi connectivity index (χ1) is 4.73. The third kappa shape index (κ3) is 0.722. The lowest BCUT2D eigenvalue weighted by atomic mass is 9.95. The van der Waals surface area contributed by atoms with Gasteiger partial charge in [-0.15, -0.1) is 0 Å². The molecule has 0 atom stereocenters. The second kappa shape index (κ2) is 1.95. The third-order valence-corrected chi connectivity index (χ3v) is 2.91. The monoisotopic (exact) mass is 141 g/mol. The van der Waals surface area contributed by atoms with Crippen LogP contribution in [0.3, 0.4) is 0 Å². The second-order valence-electron chi connectivity index (χ2n) is 3.66. The maximum atomic E-state index is 5.85. The van der Waals surface area contributed by atoms with Gasteiger partial charge in [0.2, 0.25) is 0 Å². The van der Waals surface area contributed by atoms with Gasteiger partial charge in [-0.25, -0.2) is 0 Å². The number of hydrogen-bond acceptors (Lipinski definition) is 2. The van der Waals surface area contributed by atoms with Gasteiger partial charge in [-0.2, -0.15) is 0 Å². The Balaban J connectivity index is 2.15. The van der Waals surface area contributed by atoms with Crippen molar-refractivity contribution in [3.05, 3.63) is 0 Å². The smallest absolute Gasteiger partial charge is 0.121 e. The van der Waals surface area contributed by atoms with E-state index in [9.17, 15) is 0 Å². The summed E-state index contributed by atoms with van der Waals surface area (Å²) in [6, 6.07) is 0. The third-order valence-electron chi connectivity index (χ3n) is 2.91. The van der Waals surface area contributed by atoms with E-state index in [1.54, 1.807) is 0 Å². The van der Waals surface area contributed by atoms with Gasteiger partial charge in [-0.1, -0.05) is 0 Å². The molecule has 58 valence electrons. The highest BCUT2D eigenvalue weighted by molar-refractivity contribution is 4.93. The SMILES string of the molecule is CN(C)C12CCC(CC1)O2. The minimum absolute atomic E-state index is 0.144. The Hall–Kier alpha value is -0.0800. The first-order valence-electron chi connectivity index (χ1n) is 4.08. The molecular weight excluding hydrogens is 126 g/mol. The van der Waals surface area contributed by atoms with Crippen LogP contribution < -0.4 is 0 Å². The van der Waals surface area contributed by atoms with Crippen molar-refractivity contribution in [1.82, 2.24) is 4.90 Å². The lowest BCUT2D eigenvalue weighted by Gasteiger charge is -2.32. The maximum Gasteiger partial charge on any atom is 0.121 e. The lowest BCUT2D eigenvalue weighted by molar-refractivity contribution is -0.0859. The van der Waals surface area contributed by atoms with E-state index < -0.39 is 0 Å². The highest BCUT2D eigenvalue weighted by Crippen LogP contribution is 2.44. The molecule has 2 nitrogen and oxygen atoms in total. The van der Waals surface area contributed by atoms with Gasteiger partial charge in [0, 0.05) is 0 Å². The molecule has 2 fully saturated rings. The molecule has 0 saturated carbocycles. The van der Waals surface area contributed by atoms with Gasteiger partial charge in [0.15, 0.2) is 0 Å². The fourth-order valence-corrected chi connectivity index (χ4v) is 2.14. The summed E-state index contributed by atoms with van der Waals surface area (Å²) in [5.74, 6) is 0. The molecular formula is C8H15NO. The van der Waals surface area contributed by atoms with Crippen molar-refractivity contribution < 1.29 is 4.74 Å². The number of nitrogens with zero attached hydrogens (tertiary/aromatic N) is 1. The molecule has 10 heavy (non-hydrogen) atoms. The van der Waals surface area contributed by atoms with Crippen LogP contribution in [0.1, 0.15) is 25.7 Å². The molecule has 2 rings (SSSR count). The van der Waals surface area contributed by atoms with Gasteiger partial charge in [-0.05, 0) is 39.8 Å². The van der Waals surface area contributed by atoms with E-state index in [1.165, 1.54) is 25.7 Å². The zero-order chi connectivity index (χ0) is 7.19. The molecule has 0 aromatic carbocycles. The van der Waals surface area contributed by atoms with E-state index in [-0.39, 0.29) is 5.72 Å². The summed E-state index contributed by atoms with van der Waals surface area (Å²) in [4.78, 5) is 2.24. The van der Waals surface area contributed by atoms with Gasteiger partial charge < -0.3 is 4.74 Å².